The number of aryl methyl sites for hydroxylation is 1. The van der Waals surface area contributed by atoms with E-state index in [9.17, 15) is 0 Å². The second-order valence-electron chi connectivity index (χ2n) is 7.07. The smallest absolute Gasteiger partial charge is 0.194 e. The van der Waals surface area contributed by atoms with Crippen LogP contribution in [0, 0.1) is 6.92 Å². The number of H-pyrrole nitrogens is 1. The van der Waals surface area contributed by atoms with E-state index in [0.717, 1.165) is 50.0 Å². The van der Waals surface area contributed by atoms with Gasteiger partial charge >= 0.3 is 0 Å². The van der Waals surface area contributed by atoms with E-state index < -0.39 is 0 Å². The average Bonchev–Trinajstić information content (AvgIpc) is 3.22. The molecule has 0 aliphatic carbocycles. The Hall–Kier alpha value is -2.57. The molecule has 2 aromatic rings. The monoisotopic (exact) mass is 370 g/mol. The van der Waals surface area contributed by atoms with Gasteiger partial charge in [0.25, 0.3) is 0 Å². The lowest BCUT2D eigenvalue weighted by Gasteiger charge is -2.33. The maximum absolute atomic E-state index is 5.98. The van der Waals surface area contributed by atoms with Gasteiger partial charge < -0.3 is 15.0 Å². The topological polar surface area (TPSA) is 78.4 Å². The van der Waals surface area contributed by atoms with Gasteiger partial charge in [-0.05, 0) is 45.7 Å². The van der Waals surface area contributed by atoms with Crippen LogP contribution in [-0.2, 0) is 0 Å². The number of aliphatic imine (C=N–C) groups is 1. The number of aromatic nitrogens is 3. The van der Waals surface area contributed by atoms with E-state index in [4.69, 9.17) is 9.73 Å². The van der Waals surface area contributed by atoms with Crippen LogP contribution in [0.15, 0.2) is 35.6 Å². The summed E-state index contributed by atoms with van der Waals surface area (Å²) < 4.78 is 5.98. The largest absolute Gasteiger partial charge is 0.489 e. The van der Waals surface area contributed by atoms with Crippen LogP contribution in [0.2, 0.25) is 0 Å². The van der Waals surface area contributed by atoms with Crippen molar-refractivity contribution in [1.82, 2.24) is 25.4 Å². The summed E-state index contributed by atoms with van der Waals surface area (Å²) in [5, 5.41) is 10.4. The quantitative estimate of drug-likeness (QED) is 0.604. The zero-order valence-corrected chi connectivity index (χ0v) is 16.5. The molecule has 1 aromatic carbocycles. The standard InChI is InChI=1S/C20H30N6O/c1-4-21-20(22-13-16(3)27-18-7-5-15(2)6-8-18)26-11-9-17(10-12-26)19-23-14-24-25-19/h5-8,14,16-17H,4,9-13H2,1-3H3,(H,21,22)(H,23,24,25). The van der Waals surface area contributed by atoms with Crippen molar-refractivity contribution in [3.8, 4) is 5.75 Å². The Morgan fingerprint density at radius 1 is 1.33 bits per heavy atom. The molecule has 146 valence electrons. The Bertz CT molecular complexity index is 705. The molecule has 2 heterocycles. The summed E-state index contributed by atoms with van der Waals surface area (Å²) in [7, 11) is 0. The van der Waals surface area contributed by atoms with Crippen molar-refractivity contribution in [3.63, 3.8) is 0 Å². The van der Waals surface area contributed by atoms with Crippen molar-refractivity contribution < 1.29 is 4.74 Å². The first-order valence-electron chi connectivity index (χ1n) is 9.77. The number of hydrogen-bond donors (Lipinski definition) is 2. The molecule has 1 fully saturated rings. The highest BCUT2D eigenvalue weighted by molar-refractivity contribution is 5.80. The van der Waals surface area contributed by atoms with Gasteiger partial charge in [0.05, 0.1) is 6.54 Å². The van der Waals surface area contributed by atoms with Gasteiger partial charge in [0.2, 0.25) is 0 Å². The van der Waals surface area contributed by atoms with E-state index in [1.165, 1.54) is 5.56 Å². The number of benzene rings is 1. The predicted octanol–water partition coefficient (Wildman–Crippen LogP) is 2.73. The normalized spacial score (nSPS) is 17.0. The van der Waals surface area contributed by atoms with E-state index in [1.807, 2.05) is 12.1 Å². The summed E-state index contributed by atoms with van der Waals surface area (Å²) in [6.07, 6.45) is 3.71. The highest BCUT2D eigenvalue weighted by Gasteiger charge is 2.24. The van der Waals surface area contributed by atoms with Crippen LogP contribution in [-0.4, -0.2) is 58.3 Å². The molecule has 1 saturated heterocycles. The summed E-state index contributed by atoms with van der Waals surface area (Å²) >= 11 is 0. The molecule has 1 unspecified atom stereocenters. The lowest BCUT2D eigenvalue weighted by molar-refractivity contribution is 0.228. The van der Waals surface area contributed by atoms with Crippen molar-refractivity contribution in [2.24, 2.45) is 4.99 Å². The number of aromatic amines is 1. The third-order valence-corrected chi connectivity index (χ3v) is 4.81. The Labute approximate surface area is 161 Å². The van der Waals surface area contributed by atoms with Gasteiger partial charge in [0, 0.05) is 25.6 Å². The van der Waals surface area contributed by atoms with Gasteiger partial charge in [0.1, 0.15) is 24.0 Å². The molecular weight excluding hydrogens is 340 g/mol. The molecule has 1 atom stereocenters. The van der Waals surface area contributed by atoms with Crippen LogP contribution >= 0.6 is 0 Å². The van der Waals surface area contributed by atoms with Crippen LogP contribution in [0.25, 0.3) is 0 Å². The second-order valence-corrected chi connectivity index (χ2v) is 7.07. The molecule has 1 aliphatic rings. The van der Waals surface area contributed by atoms with Crippen LogP contribution in [0.1, 0.15) is 44.0 Å². The predicted molar refractivity (Wildman–Crippen MR) is 107 cm³/mol. The highest BCUT2D eigenvalue weighted by atomic mass is 16.5. The van der Waals surface area contributed by atoms with Crippen LogP contribution in [0.5, 0.6) is 5.75 Å². The maximum atomic E-state index is 5.98. The summed E-state index contributed by atoms with van der Waals surface area (Å²) in [5.74, 6) is 3.31. The Morgan fingerprint density at radius 3 is 2.70 bits per heavy atom. The first-order valence-corrected chi connectivity index (χ1v) is 9.77. The molecule has 2 N–H and O–H groups in total. The van der Waals surface area contributed by atoms with Crippen LogP contribution in [0.3, 0.4) is 0 Å². The van der Waals surface area contributed by atoms with E-state index >= 15 is 0 Å². The molecule has 1 aromatic heterocycles. The first kappa shape index (κ1) is 19.2. The SMILES string of the molecule is CCNC(=NCC(C)Oc1ccc(C)cc1)N1CCC(c2ncn[nH]2)CC1. The third kappa shape index (κ3) is 5.45. The summed E-state index contributed by atoms with van der Waals surface area (Å²) in [5.41, 5.74) is 1.23. The van der Waals surface area contributed by atoms with E-state index in [1.54, 1.807) is 6.33 Å². The van der Waals surface area contributed by atoms with E-state index in [0.29, 0.717) is 12.5 Å². The van der Waals surface area contributed by atoms with Crippen molar-refractivity contribution in [2.75, 3.05) is 26.2 Å². The van der Waals surface area contributed by atoms with Crippen molar-refractivity contribution in [2.45, 2.75) is 45.6 Å². The molecule has 0 saturated carbocycles. The fraction of sp³-hybridized carbons (Fsp3) is 0.550. The number of likely N-dealkylation sites (tertiary alicyclic amines) is 1. The minimum atomic E-state index is 0.0214. The zero-order valence-electron chi connectivity index (χ0n) is 16.5. The molecule has 0 radical (unpaired) electrons. The number of piperidine rings is 1. The van der Waals surface area contributed by atoms with Gasteiger partial charge in [0.15, 0.2) is 5.96 Å². The molecule has 1 aliphatic heterocycles. The summed E-state index contributed by atoms with van der Waals surface area (Å²) in [4.78, 5) is 11.4. The first-order chi connectivity index (χ1) is 13.2. The van der Waals surface area contributed by atoms with Crippen LogP contribution in [0.4, 0.5) is 0 Å². The maximum Gasteiger partial charge on any atom is 0.194 e. The molecule has 0 spiro atoms. The van der Waals surface area contributed by atoms with Gasteiger partial charge in [-0.1, -0.05) is 17.7 Å². The Morgan fingerprint density at radius 2 is 2.07 bits per heavy atom. The van der Waals surface area contributed by atoms with Gasteiger partial charge in [-0.15, -0.1) is 0 Å². The number of nitrogens with one attached hydrogen (secondary N) is 2. The number of nitrogens with zero attached hydrogens (tertiary/aromatic N) is 4. The van der Waals surface area contributed by atoms with Gasteiger partial charge in [-0.2, -0.15) is 5.10 Å². The van der Waals surface area contributed by atoms with Gasteiger partial charge in [-0.3, -0.25) is 5.10 Å². The van der Waals surface area contributed by atoms with E-state index in [-0.39, 0.29) is 6.10 Å². The molecule has 0 amide bonds. The number of hydrogen-bond acceptors (Lipinski definition) is 4. The van der Waals surface area contributed by atoms with Crippen molar-refractivity contribution >= 4 is 5.96 Å². The fourth-order valence-corrected chi connectivity index (χ4v) is 3.30. The van der Waals surface area contributed by atoms with Gasteiger partial charge in [-0.25, -0.2) is 9.98 Å². The summed E-state index contributed by atoms with van der Waals surface area (Å²) in [6.45, 7) is 9.64. The Balaban J connectivity index is 1.54. The van der Waals surface area contributed by atoms with Crippen molar-refractivity contribution in [3.05, 3.63) is 42.0 Å². The zero-order chi connectivity index (χ0) is 19.1. The molecular formula is C20H30N6O. The molecule has 0 bridgehead atoms. The lowest BCUT2D eigenvalue weighted by Crippen LogP contribution is -2.45. The molecule has 7 heteroatoms. The average molecular weight is 371 g/mol. The minimum Gasteiger partial charge on any atom is -0.489 e. The number of ether oxygens (including phenoxy) is 1. The minimum absolute atomic E-state index is 0.0214. The van der Waals surface area contributed by atoms with E-state index in [2.05, 4.69) is 58.3 Å². The van der Waals surface area contributed by atoms with Crippen LogP contribution < -0.4 is 10.1 Å². The molecule has 27 heavy (non-hydrogen) atoms. The highest BCUT2D eigenvalue weighted by Crippen LogP contribution is 2.25. The molecule has 7 nitrogen and oxygen atoms in total. The number of rotatable bonds is 6. The third-order valence-electron chi connectivity index (χ3n) is 4.81. The lowest BCUT2D eigenvalue weighted by atomic mass is 9.96. The summed E-state index contributed by atoms with van der Waals surface area (Å²) in [6, 6.07) is 8.15. The number of guanidine groups is 1. The second kappa shape index (κ2) is 9.39. The molecule has 3 rings (SSSR count). The fourth-order valence-electron chi connectivity index (χ4n) is 3.30. The van der Waals surface area contributed by atoms with Crippen molar-refractivity contribution in [1.29, 1.82) is 0 Å². The Kier molecular flexibility index (Phi) is 6.68.